The fourth-order valence-electron chi connectivity index (χ4n) is 0.945. The molecule has 0 aromatic carbocycles. The van der Waals surface area contributed by atoms with Crippen LogP contribution in [-0.4, -0.2) is 25.7 Å². The van der Waals surface area contributed by atoms with Gasteiger partial charge in [-0.25, -0.2) is 13.1 Å². The predicted molar refractivity (Wildman–Crippen MR) is 50.5 cm³/mol. The fraction of sp³-hybridized carbons (Fsp3) is 0.500. The summed E-state index contributed by atoms with van der Waals surface area (Å²) >= 11 is 0. The van der Waals surface area contributed by atoms with Crippen LogP contribution >= 0.6 is 12.4 Å². The standard InChI is InChI=1S/C6H9N3O3S.ClH/c7-5-1-6(5)9-13(10,11)4-2-8-12-3-4;/h2-3,5-6,9H,1,7H2;1H. The lowest BCUT2D eigenvalue weighted by atomic mass is 10.7. The van der Waals surface area contributed by atoms with Gasteiger partial charge in [0.2, 0.25) is 10.0 Å². The third kappa shape index (κ3) is 2.24. The molecule has 0 amide bonds. The van der Waals surface area contributed by atoms with Gasteiger partial charge in [0, 0.05) is 12.1 Å². The van der Waals surface area contributed by atoms with Crippen molar-refractivity contribution in [1.82, 2.24) is 9.88 Å². The zero-order chi connectivity index (χ0) is 9.47. The van der Waals surface area contributed by atoms with Crippen molar-refractivity contribution < 1.29 is 12.9 Å². The van der Waals surface area contributed by atoms with Crippen LogP contribution < -0.4 is 10.5 Å². The molecule has 6 nitrogen and oxygen atoms in total. The van der Waals surface area contributed by atoms with E-state index >= 15 is 0 Å². The molecule has 2 atom stereocenters. The van der Waals surface area contributed by atoms with E-state index in [1.165, 1.54) is 0 Å². The van der Waals surface area contributed by atoms with E-state index in [1.807, 2.05) is 0 Å². The van der Waals surface area contributed by atoms with Crippen molar-refractivity contribution in [3.63, 3.8) is 0 Å². The Kier molecular flexibility index (Phi) is 3.15. The van der Waals surface area contributed by atoms with Crippen molar-refractivity contribution >= 4 is 22.4 Å². The molecule has 1 aromatic heterocycles. The Labute approximate surface area is 87.3 Å². The lowest BCUT2D eigenvalue weighted by molar-refractivity contribution is 0.417. The van der Waals surface area contributed by atoms with Crippen LogP contribution in [0.4, 0.5) is 0 Å². The molecular weight excluding hydrogens is 230 g/mol. The van der Waals surface area contributed by atoms with Gasteiger partial charge in [-0.05, 0) is 6.42 Å². The summed E-state index contributed by atoms with van der Waals surface area (Å²) in [6.07, 6.45) is 2.91. The Hall–Kier alpha value is -0.630. The summed E-state index contributed by atoms with van der Waals surface area (Å²) in [5.74, 6) is 0. The topological polar surface area (TPSA) is 98.2 Å². The molecule has 1 aliphatic rings. The summed E-state index contributed by atoms with van der Waals surface area (Å²) in [7, 11) is -3.47. The van der Waals surface area contributed by atoms with E-state index in [1.54, 1.807) is 0 Å². The van der Waals surface area contributed by atoms with Gasteiger partial charge < -0.3 is 10.3 Å². The number of nitrogens with zero attached hydrogens (tertiary/aromatic N) is 1. The van der Waals surface area contributed by atoms with Crippen LogP contribution in [0.3, 0.4) is 0 Å². The second-order valence-electron chi connectivity index (χ2n) is 2.99. The minimum Gasteiger partial charge on any atom is -0.363 e. The van der Waals surface area contributed by atoms with Gasteiger partial charge in [-0.15, -0.1) is 12.4 Å². The highest BCUT2D eigenvalue weighted by Crippen LogP contribution is 2.20. The van der Waals surface area contributed by atoms with E-state index in [4.69, 9.17) is 5.73 Å². The van der Waals surface area contributed by atoms with Crippen molar-refractivity contribution in [3.05, 3.63) is 12.5 Å². The van der Waals surface area contributed by atoms with E-state index in [-0.39, 0.29) is 29.4 Å². The molecule has 0 radical (unpaired) electrons. The third-order valence-corrected chi connectivity index (χ3v) is 3.30. The molecule has 8 heteroatoms. The zero-order valence-electron chi connectivity index (χ0n) is 7.08. The minimum absolute atomic E-state index is 0. The predicted octanol–water partition coefficient (Wildman–Crippen LogP) is -0.526. The van der Waals surface area contributed by atoms with Gasteiger partial charge in [-0.1, -0.05) is 5.16 Å². The quantitative estimate of drug-likeness (QED) is 0.739. The SMILES string of the molecule is Cl.NC1CC1NS(=O)(=O)c1cnoc1. The molecule has 3 N–H and O–H groups in total. The zero-order valence-corrected chi connectivity index (χ0v) is 8.72. The van der Waals surface area contributed by atoms with Gasteiger partial charge in [0.1, 0.15) is 11.2 Å². The summed E-state index contributed by atoms with van der Waals surface area (Å²) in [5, 5.41) is 3.31. The van der Waals surface area contributed by atoms with Gasteiger partial charge in [0.25, 0.3) is 0 Å². The number of halogens is 1. The minimum atomic E-state index is -3.47. The van der Waals surface area contributed by atoms with E-state index < -0.39 is 10.0 Å². The first-order valence-electron chi connectivity index (χ1n) is 3.77. The van der Waals surface area contributed by atoms with Crippen molar-refractivity contribution in [2.45, 2.75) is 23.4 Å². The average Bonchev–Trinajstić information content (AvgIpc) is 2.56. The molecule has 0 aliphatic heterocycles. The lowest BCUT2D eigenvalue weighted by Crippen LogP contribution is -2.29. The third-order valence-electron chi connectivity index (χ3n) is 1.87. The summed E-state index contributed by atoms with van der Waals surface area (Å²) in [6.45, 7) is 0. The summed E-state index contributed by atoms with van der Waals surface area (Å²) < 4.78 is 29.7. The molecule has 1 fully saturated rings. The molecule has 0 spiro atoms. The fourth-order valence-corrected chi connectivity index (χ4v) is 2.10. The highest BCUT2D eigenvalue weighted by molar-refractivity contribution is 7.89. The molecule has 1 aromatic rings. The van der Waals surface area contributed by atoms with Crippen LogP contribution in [0.5, 0.6) is 0 Å². The molecule has 0 saturated heterocycles. The van der Waals surface area contributed by atoms with Crippen LogP contribution in [0, 0.1) is 0 Å². The second-order valence-corrected chi connectivity index (χ2v) is 4.70. The van der Waals surface area contributed by atoms with Crippen LogP contribution in [0.25, 0.3) is 0 Å². The van der Waals surface area contributed by atoms with Gasteiger partial charge in [-0.3, -0.25) is 0 Å². The first kappa shape index (κ1) is 11.4. The van der Waals surface area contributed by atoms with Crippen molar-refractivity contribution in [2.75, 3.05) is 0 Å². The van der Waals surface area contributed by atoms with Crippen molar-refractivity contribution in [2.24, 2.45) is 5.73 Å². The number of aromatic nitrogens is 1. The molecule has 80 valence electrons. The Morgan fingerprint density at radius 3 is 2.71 bits per heavy atom. The summed E-state index contributed by atoms with van der Waals surface area (Å²) in [5.41, 5.74) is 5.46. The van der Waals surface area contributed by atoms with E-state index in [0.29, 0.717) is 6.42 Å². The number of sulfonamides is 1. The first-order chi connectivity index (χ1) is 6.09. The maximum atomic E-state index is 11.4. The van der Waals surface area contributed by atoms with E-state index in [0.717, 1.165) is 12.5 Å². The maximum absolute atomic E-state index is 11.4. The first-order valence-corrected chi connectivity index (χ1v) is 5.25. The van der Waals surface area contributed by atoms with Crippen LogP contribution in [0.1, 0.15) is 6.42 Å². The monoisotopic (exact) mass is 239 g/mol. The van der Waals surface area contributed by atoms with Gasteiger partial charge >= 0.3 is 0 Å². The smallest absolute Gasteiger partial charge is 0.245 e. The molecule has 2 rings (SSSR count). The number of hydrogen-bond donors (Lipinski definition) is 2. The molecule has 1 aliphatic carbocycles. The molecule has 1 saturated carbocycles. The molecular formula is C6H10ClN3O3S. The molecule has 2 unspecified atom stereocenters. The maximum Gasteiger partial charge on any atom is 0.245 e. The highest BCUT2D eigenvalue weighted by Gasteiger charge is 2.37. The summed E-state index contributed by atoms with van der Waals surface area (Å²) in [6, 6.07) is -0.200. The van der Waals surface area contributed by atoms with Crippen LogP contribution in [0.2, 0.25) is 0 Å². The normalized spacial score (nSPS) is 25.5. The van der Waals surface area contributed by atoms with E-state index in [9.17, 15) is 8.42 Å². The Morgan fingerprint density at radius 2 is 2.29 bits per heavy atom. The van der Waals surface area contributed by atoms with Crippen LogP contribution in [0.15, 0.2) is 21.9 Å². The molecule has 0 bridgehead atoms. The highest BCUT2D eigenvalue weighted by atomic mass is 35.5. The molecule has 14 heavy (non-hydrogen) atoms. The lowest BCUT2D eigenvalue weighted by Gasteiger charge is -2.00. The largest absolute Gasteiger partial charge is 0.363 e. The number of nitrogens with two attached hydrogens (primary N) is 1. The van der Waals surface area contributed by atoms with Gasteiger partial charge in [0.05, 0.1) is 6.20 Å². The number of rotatable bonds is 3. The Balaban J connectivity index is 0.000000980. The Bertz CT molecular complexity index is 390. The van der Waals surface area contributed by atoms with Gasteiger partial charge in [0.15, 0.2) is 0 Å². The number of nitrogens with one attached hydrogen (secondary N) is 1. The number of hydrogen-bond acceptors (Lipinski definition) is 5. The van der Waals surface area contributed by atoms with E-state index in [2.05, 4.69) is 14.4 Å². The van der Waals surface area contributed by atoms with Crippen molar-refractivity contribution in [1.29, 1.82) is 0 Å². The Morgan fingerprint density at radius 1 is 1.64 bits per heavy atom. The van der Waals surface area contributed by atoms with Crippen LogP contribution in [-0.2, 0) is 10.0 Å². The summed E-state index contributed by atoms with van der Waals surface area (Å²) in [4.78, 5) is 0.0339. The molecule has 1 heterocycles. The second kappa shape index (κ2) is 3.85. The van der Waals surface area contributed by atoms with Gasteiger partial charge in [-0.2, -0.15) is 0 Å². The van der Waals surface area contributed by atoms with Crippen molar-refractivity contribution in [3.8, 4) is 0 Å². The average molecular weight is 240 g/mol.